The number of amides is 1. The van der Waals surface area contributed by atoms with E-state index in [0.29, 0.717) is 6.54 Å². The summed E-state index contributed by atoms with van der Waals surface area (Å²) in [6, 6.07) is 0. The van der Waals surface area contributed by atoms with Gasteiger partial charge in [0.2, 0.25) is 5.91 Å². The Morgan fingerprint density at radius 1 is 1.47 bits per heavy atom. The molecular weight excluding hydrogens is 216 g/mol. The van der Waals surface area contributed by atoms with Gasteiger partial charge in [0.15, 0.2) is 0 Å². The lowest BCUT2D eigenvalue weighted by Crippen LogP contribution is -2.48. The van der Waals surface area contributed by atoms with E-state index >= 15 is 0 Å². The zero-order valence-electron chi connectivity index (χ0n) is 11.3. The molecule has 0 spiro atoms. The number of hydrogen-bond donors (Lipinski definition) is 2. The van der Waals surface area contributed by atoms with E-state index < -0.39 is 5.60 Å². The van der Waals surface area contributed by atoms with Crippen molar-refractivity contribution in [2.24, 2.45) is 5.92 Å². The predicted molar refractivity (Wildman–Crippen MR) is 68.8 cm³/mol. The van der Waals surface area contributed by atoms with Crippen LogP contribution in [0.1, 0.15) is 39.5 Å². The molecule has 100 valence electrons. The molecule has 0 radical (unpaired) electrons. The quantitative estimate of drug-likeness (QED) is 0.756. The number of β-amino-alcohol motifs (C(OH)–C–C–N with tert-alkyl or cyclic N) is 1. The maximum absolute atomic E-state index is 11.6. The van der Waals surface area contributed by atoms with Gasteiger partial charge in [-0.1, -0.05) is 13.8 Å². The number of piperidine rings is 1. The van der Waals surface area contributed by atoms with Crippen molar-refractivity contribution in [1.29, 1.82) is 0 Å². The van der Waals surface area contributed by atoms with Crippen LogP contribution in [0.3, 0.4) is 0 Å². The van der Waals surface area contributed by atoms with Crippen molar-refractivity contribution in [1.82, 2.24) is 10.2 Å². The van der Waals surface area contributed by atoms with Crippen molar-refractivity contribution in [2.45, 2.75) is 45.1 Å². The standard InChI is InChI=1S/C13H26N2O2/c1-4-13(17,5-2)10-15-8-6-7-11(9-15)12(16)14-3/h11,17H,4-10H2,1-3H3,(H,14,16). The van der Waals surface area contributed by atoms with E-state index in [0.717, 1.165) is 38.8 Å². The van der Waals surface area contributed by atoms with Crippen molar-refractivity contribution in [3.8, 4) is 0 Å². The van der Waals surface area contributed by atoms with Crippen LogP contribution in [0, 0.1) is 5.92 Å². The van der Waals surface area contributed by atoms with Gasteiger partial charge < -0.3 is 10.4 Å². The fourth-order valence-corrected chi connectivity index (χ4v) is 2.51. The van der Waals surface area contributed by atoms with Crippen LogP contribution in [-0.4, -0.2) is 48.2 Å². The van der Waals surface area contributed by atoms with E-state index in [9.17, 15) is 9.90 Å². The highest BCUT2D eigenvalue weighted by Gasteiger charge is 2.30. The van der Waals surface area contributed by atoms with E-state index in [1.54, 1.807) is 7.05 Å². The molecule has 0 aliphatic carbocycles. The number of carbonyl (C=O) groups excluding carboxylic acids is 1. The molecule has 1 fully saturated rings. The molecule has 4 nitrogen and oxygen atoms in total. The lowest BCUT2D eigenvalue weighted by molar-refractivity contribution is -0.126. The smallest absolute Gasteiger partial charge is 0.224 e. The Hall–Kier alpha value is -0.610. The van der Waals surface area contributed by atoms with E-state index in [4.69, 9.17) is 0 Å². The molecule has 4 heteroatoms. The van der Waals surface area contributed by atoms with Gasteiger partial charge in [-0.2, -0.15) is 0 Å². The number of likely N-dealkylation sites (tertiary alicyclic amines) is 1. The lowest BCUT2D eigenvalue weighted by atomic mass is 9.92. The molecule has 0 saturated carbocycles. The largest absolute Gasteiger partial charge is 0.389 e. The monoisotopic (exact) mass is 242 g/mol. The van der Waals surface area contributed by atoms with Gasteiger partial charge in [-0.25, -0.2) is 0 Å². The first-order valence-electron chi connectivity index (χ1n) is 6.71. The van der Waals surface area contributed by atoms with Crippen LogP contribution in [0.25, 0.3) is 0 Å². The Balaban J connectivity index is 2.52. The maximum atomic E-state index is 11.6. The number of carbonyl (C=O) groups is 1. The van der Waals surface area contributed by atoms with Gasteiger partial charge in [-0.15, -0.1) is 0 Å². The second kappa shape index (κ2) is 6.36. The van der Waals surface area contributed by atoms with Crippen molar-refractivity contribution < 1.29 is 9.90 Å². The summed E-state index contributed by atoms with van der Waals surface area (Å²) in [5, 5.41) is 13.0. The second-order valence-electron chi connectivity index (χ2n) is 5.12. The first-order chi connectivity index (χ1) is 8.04. The molecule has 1 heterocycles. The van der Waals surface area contributed by atoms with Crippen molar-refractivity contribution in [2.75, 3.05) is 26.7 Å². The first-order valence-corrected chi connectivity index (χ1v) is 6.71. The molecule has 2 N–H and O–H groups in total. The van der Waals surface area contributed by atoms with Crippen LogP contribution in [0.2, 0.25) is 0 Å². The first kappa shape index (κ1) is 14.5. The van der Waals surface area contributed by atoms with E-state index in [1.165, 1.54) is 0 Å². The molecule has 0 aromatic heterocycles. The van der Waals surface area contributed by atoms with E-state index in [1.807, 2.05) is 13.8 Å². The van der Waals surface area contributed by atoms with Crippen molar-refractivity contribution in [3.63, 3.8) is 0 Å². The zero-order chi connectivity index (χ0) is 12.9. The molecule has 0 bridgehead atoms. The predicted octanol–water partition coefficient (Wildman–Crippen LogP) is 0.995. The molecule has 1 rings (SSSR count). The molecule has 1 aliphatic rings. The second-order valence-corrected chi connectivity index (χ2v) is 5.12. The number of aliphatic hydroxyl groups is 1. The van der Waals surface area contributed by atoms with Crippen molar-refractivity contribution in [3.05, 3.63) is 0 Å². The van der Waals surface area contributed by atoms with E-state index in [-0.39, 0.29) is 11.8 Å². The highest BCUT2D eigenvalue weighted by molar-refractivity contribution is 5.78. The van der Waals surface area contributed by atoms with Crippen molar-refractivity contribution >= 4 is 5.91 Å². The van der Waals surface area contributed by atoms with Gasteiger partial charge in [0.1, 0.15) is 0 Å². The normalized spacial score (nSPS) is 22.5. The van der Waals surface area contributed by atoms with Crippen LogP contribution in [-0.2, 0) is 4.79 Å². The Labute approximate surface area is 104 Å². The molecule has 1 saturated heterocycles. The summed E-state index contributed by atoms with van der Waals surface area (Å²) in [6.07, 6.45) is 3.55. The fraction of sp³-hybridized carbons (Fsp3) is 0.923. The number of nitrogens with one attached hydrogen (secondary N) is 1. The van der Waals surface area contributed by atoms with Gasteiger partial charge in [0.05, 0.1) is 11.5 Å². The summed E-state index contributed by atoms with van der Waals surface area (Å²) >= 11 is 0. The molecule has 17 heavy (non-hydrogen) atoms. The summed E-state index contributed by atoms with van der Waals surface area (Å²) < 4.78 is 0. The third kappa shape index (κ3) is 3.96. The molecule has 0 aromatic rings. The van der Waals surface area contributed by atoms with Crippen LogP contribution in [0.15, 0.2) is 0 Å². The average molecular weight is 242 g/mol. The molecule has 0 aromatic carbocycles. The van der Waals surface area contributed by atoms with Crippen LogP contribution < -0.4 is 5.32 Å². The Bertz CT molecular complexity index is 252. The average Bonchev–Trinajstić information content (AvgIpc) is 2.38. The molecular formula is C13H26N2O2. The minimum atomic E-state index is -0.593. The Morgan fingerprint density at radius 2 is 2.12 bits per heavy atom. The highest BCUT2D eigenvalue weighted by atomic mass is 16.3. The molecule has 1 amide bonds. The van der Waals surface area contributed by atoms with Gasteiger partial charge >= 0.3 is 0 Å². The minimum absolute atomic E-state index is 0.0895. The third-order valence-corrected chi connectivity index (χ3v) is 3.96. The number of nitrogens with zero attached hydrogens (tertiary/aromatic N) is 1. The molecule has 1 unspecified atom stereocenters. The van der Waals surface area contributed by atoms with E-state index in [2.05, 4.69) is 10.2 Å². The summed E-state index contributed by atoms with van der Waals surface area (Å²) in [5.41, 5.74) is -0.593. The summed E-state index contributed by atoms with van der Waals surface area (Å²) in [5.74, 6) is 0.220. The molecule has 1 atom stereocenters. The van der Waals surface area contributed by atoms with Gasteiger partial charge in [0, 0.05) is 20.1 Å². The fourth-order valence-electron chi connectivity index (χ4n) is 2.51. The summed E-state index contributed by atoms with van der Waals surface area (Å²) in [4.78, 5) is 13.8. The Kier molecular flexibility index (Phi) is 5.40. The third-order valence-electron chi connectivity index (χ3n) is 3.96. The van der Waals surface area contributed by atoms with Crippen LogP contribution >= 0.6 is 0 Å². The summed E-state index contributed by atoms with van der Waals surface area (Å²) in [6.45, 7) is 6.50. The van der Waals surface area contributed by atoms with Gasteiger partial charge in [-0.05, 0) is 32.2 Å². The zero-order valence-corrected chi connectivity index (χ0v) is 11.3. The highest BCUT2D eigenvalue weighted by Crippen LogP contribution is 2.22. The molecule has 1 aliphatic heterocycles. The minimum Gasteiger partial charge on any atom is -0.389 e. The van der Waals surface area contributed by atoms with Crippen LogP contribution in [0.4, 0.5) is 0 Å². The summed E-state index contributed by atoms with van der Waals surface area (Å²) in [7, 11) is 1.69. The number of rotatable bonds is 5. The van der Waals surface area contributed by atoms with Gasteiger partial charge in [-0.3, -0.25) is 9.69 Å². The number of hydrogen-bond acceptors (Lipinski definition) is 3. The topological polar surface area (TPSA) is 52.6 Å². The maximum Gasteiger partial charge on any atom is 0.224 e. The SMILES string of the molecule is CCC(O)(CC)CN1CCCC(C(=O)NC)C1. The van der Waals surface area contributed by atoms with Gasteiger partial charge in [0.25, 0.3) is 0 Å². The Morgan fingerprint density at radius 3 is 2.65 bits per heavy atom. The lowest BCUT2D eigenvalue weighted by Gasteiger charge is -2.37. The van der Waals surface area contributed by atoms with Crippen LogP contribution in [0.5, 0.6) is 0 Å².